The third kappa shape index (κ3) is 2.87. The van der Waals surface area contributed by atoms with Crippen molar-refractivity contribution in [3.63, 3.8) is 0 Å². The second kappa shape index (κ2) is 6.45. The molecule has 0 atom stereocenters. The van der Waals surface area contributed by atoms with Gasteiger partial charge in [0.15, 0.2) is 0 Å². The third-order valence-electron chi connectivity index (χ3n) is 4.24. The Morgan fingerprint density at radius 2 is 2.12 bits per heavy atom. The fraction of sp³-hybridized carbons (Fsp3) is 0.333. The largest absolute Gasteiger partial charge is 0.373 e. The molecule has 25 heavy (non-hydrogen) atoms. The number of amides is 1. The van der Waals surface area contributed by atoms with Gasteiger partial charge in [0, 0.05) is 36.9 Å². The highest BCUT2D eigenvalue weighted by Crippen LogP contribution is 2.31. The van der Waals surface area contributed by atoms with Crippen LogP contribution in [0.15, 0.2) is 28.4 Å². The molecule has 0 aromatic carbocycles. The fourth-order valence-electron chi connectivity index (χ4n) is 3.05. The number of carbonyl (C=O) groups excluding carboxylic acids is 1. The molecule has 130 valence electrons. The average molecular weight is 377 g/mol. The van der Waals surface area contributed by atoms with Crippen molar-refractivity contribution in [1.82, 2.24) is 14.3 Å². The average Bonchev–Trinajstić information content (AvgIpc) is 3.28. The Balaban J connectivity index is 1.57. The lowest BCUT2D eigenvalue weighted by atomic mass is 10.3. The predicted molar refractivity (Wildman–Crippen MR) is 96.8 cm³/mol. The molecule has 0 radical (unpaired) electrons. The molecule has 3 aromatic rings. The van der Waals surface area contributed by atoms with E-state index in [9.17, 15) is 14.9 Å². The Morgan fingerprint density at radius 3 is 2.88 bits per heavy atom. The first-order chi connectivity index (χ1) is 12.1. The zero-order valence-electron chi connectivity index (χ0n) is 13.2. The number of imidazole rings is 1. The van der Waals surface area contributed by atoms with Crippen LogP contribution in [0.25, 0.3) is 4.96 Å². The molecular formula is C15H15N5O3S2. The Kier molecular flexibility index (Phi) is 4.14. The van der Waals surface area contributed by atoms with Crippen molar-refractivity contribution in [1.29, 1.82) is 0 Å². The molecule has 10 heteroatoms. The molecule has 3 aromatic heterocycles. The van der Waals surface area contributed by atoms with Crippen LogP contribution in [0.5, 0.6) is 0 Å². The molecule has 0 aliphatic carbocycles. The molecule has 0 bridgehead atoms. The van der Waals surface area contributed by atoms with Gasteiger partial charge in [0.25, 0.3) is 10.9 Å². The molecule has 1 amide bonds. The maximum absolute atomic E-state index is 12.5. The summed E-state index contributed by atoms with van der Waals surface area (Å²) in [6, 6.07) is 1.82. The van der Waals surface area contributed by atoms with Crippen LogP contribution in [0, 0.1) is 10.1 Å². The Labute approximate surface area is 151 Å². The first kappa shape index (κ1) is 16.0. The van der Waals surface area contributed by atoms with Crippen LogP contribution in [0.1, 0.15) is 16.8 Å². The number of thiophene rings is 1. The number of fused-ring (bicyclic) bond motifs is 1. The number of nitrogens with zero attached hydrogens (tertiary/aromatic N) is 5. The van der Waals surface area contributed by atoms with Gasteiger partial charge in [-0.3, -0.25) is 4.79 Å². The van der Waals surface area contributed by atoms with Gasteiger partial charge in [-0.25, -0.2) is 0 Å². The molecule has 1 aliphatic rings. The van der Waals surface area contributed by atoms with Crippen LogP contribution in [0.3, 0.4) is 0 Å². The van der Waals surface area contributed by atoms with E-state index in [-0.39, 0.29) is 16.6 Å². The monoisotopic (exact) mass is 377 g/mol. The van der Waals surface area contributed by atoms with Crippen molar-refractivity contribution in [3.05, 3.63) is 44.1 Å². The number of aromatic nitrogens is 2. The number of hydrogen-bond acceptors (Lipinski definition) is 7. The van der Waals surface area contributed by atoms with E-state index in [4.69, 9.17) is 0 Å². The maximum Gasteiger partial charge on any atom is 0.373 e. The molecule has 1 aliphatic heterocycles. The number of nitro groups is 1. The zero-order chi connectivity index (χ0) is 17.4. The van der Waals surface area contributed by atoms with Gasteiger partial charge < -0.3 is 19.9 Å². The summed E-state index contributed by atoms with van der Waals surface area (Å²) in [5, 5.41) is 17.0. The number of thiazole rings is 1. The highest BCUT2D eigenvalue weighted by Gasteiger charge is 2.30. The van der Waals surface area contributed by atoms with E-state index in [1.54, 1.807) is 11.6 Å². The molecule has 0 unspecified atom stereocenters. The molecule has 1 fully saturated rings. The predicted octanol–water partition coefficient (Wildman–Crippen LogP) is 2.72. The lowest BCUT2D eigenvalue weighted by Gasteiger charge is -2.21. The first-order valence-corrected chi connectivity index (χ1v) is 9.64. The third-order valence-corrected chi connectivity index (χ3v) is 5.68. The first-order valence-electron chi connectivity index (χ1n) is 7.81. The number of carbonyl (C=O) groups is 1. The van der Waals surface area contributed by atoms with Gasteiger partial charge in [-0.2, -0.15) is 20.7 Å². The summed E-state index contributed by atoms with van der Waals surface area (Å²) in [7, 11) is 0. The van der Waals surface area contributed by atoms with Crippen LogP contribution in [-0.2, 0) is 0 Å². The smallest absolute Gasteiger partial charge is 0.358 e. The van der Waals surface area contributed by atoms with Gasteiger partial charge in [-0.05, 0) is 22.8 Å². The standard InChI is InChI=1S/C15H15N5O3S2/c21-14(11-2-8-24-10-11)18-4-1-3-17(5-6-18)12-13(20(22)23)19-7-9-25-15(19)16-12/h2,7-10H,1,3-6H2. The summed E-state index contributed by atoms with van der Waals surface area (Å²) < 4.78 is 1.51. The molecule has 0 spiro atoms. The lowest BCUT2D eigenvalue weighted by Crippen LogP contribution is -2.35. The van der Waals surface area contributed by atoms with E-state index in [0.29, 0.717) is 42.5 Å². The maximum atomic E-state index is 12.5. The van der Waals surface area contributed by atoms with Gasteiger partial charge in [-0.1, -0.05) is 11.3 Å². The molecule has 8 nitrogen and oxygen atoms in total. The van der Waals surface area contributed by atoms with E-state index in [1.807, 2.05) is 26.6 Å². The number of anilines is 1. The number of hydrogen-bond donors (Lipinski definition) is 0. The molecular weight excluding hydrogens is 362 g/mol. The Bertz CT molecular complexity index is 917. The Morgan fingerprint density at radius 1 is 1.24 bits per heavy atom. The topological polar surface area (TPSA) is 84.0 Å². The van der Waals surface area contributed by atoms with Crippen molar-refractivity contribution >= 4 is 45.2 Å². The SMILES string of the molecule is O=C(c1ccsc1)N1CCCN(c2nc3sccn3c2[N+](=O)[O-])CC1. The van der Waals surface area contributed by atoms with Crippen molar-refractivity contribution in [3.8, 4) is 0 Å². The minimum absolute atomic E-state index is 0.00568. The highest BCUT2D eigenvalue weighted by atomic mass is 32.1. The summed E-state index contributed by atoms with van der Waals surface area (Å²) in [5.41, 5.74) is 0.701. The van der Waals surface area contributed by atoms with Gasteiger partial charge in [0.1, 0.15) is 6.20 Å². The fourth-order valence-corrected chi connectivity index (χ4v) is 4.38. The van der Waals surface area contributed by atoms with Crippen molar-refractivity contribution in [2.24, 2.45) is 0 Å². The minimum Gasteiger partial charge on any atom is -0.358 e. The second-order valence-corrected chi connectivity index (χ2v) is 7.37. The quantitative estimate of drug-likeness (QED) is 0.518. The summed E-state index contributed by atoms with van der Waals surface area (Å²) in [5.74, 6) is 0.402. The van der Waals surface area contributed by atoms with E-state index in [2.05, 4.69) is 4.98 Å². The van der Waals surface area contributed by atoms with Gasteiger partial charge in [0.2, 0.25) is 5.82 Å². The highest BCUT2D eigenvalue weighted by molar-refractivity contribution is 7.15. The Hall–Kier alpha value is -2.46. The molecule has 4 heterocycles. The van der Waals surface area contributed by atoms with Crippen LogP contribution in [0.4, 0.5) is 11.6 Å². The van der Waals surface area contributed by atoms with E-state index < -0.39 is 0 Å². The molecule has 1 saturated heterocycles. The van der Waals surface area contributed by atoms with Crippen molar-refractivity contribution in [2.75, 3.05) is 31.1 Å². The minimum atomic E-state index is -0.388. The van der Waals surface area contributed by atoms with Crippen molar-refractivity contribution in [2.45, 2.75) is 6.42 Å². The van der Waals surface area contributed by atoms with Crippen molar-refractivity contribution < 1.29 is 9.72 Å². The molecule has 0 N–H and O–H groups in total. The van der Waals surface area contributed by atoms with E-state index >= 15 is 0 Å². The molecule has 4 rings (SSSR count). The summed E-state index contributed by atoms with van der Waals surface area (Å²) in [4.78, 5) is 32.4. The van der Waals surface area contributed by atoms with Crippen LogP contribution >= 0.6 is 22.7 Å². The zero-order valence-corrected chi connectivity index (χ0v) is 14.8. The molecule has 0 saturated carbocycles. The van der Waals surface area contributed by atoms with Gasteiger partial charge >= 0.3 is 5.82 Å². The summed E-state index contributed by atoms with van der Waals surface area (Å²) >= 11 is 2.87. The van der Waals surface area contributed by atoms with Crippen LogP contribution < -0.4 is 4.90 Å². The number of rotatable bonds is 3. The summed E-state index contributed by atoms with van der Waals surface area (Å²) in [6.45, 7) is 2.33. The second-order valence-electron chi connectivity index (χ2n) is 5.72. The summed E-state index contributed by atoms with van der Waals surface area (Å²) in [6.07, 6.45) is 2.41. The van der Waals surface area contributed by atoms with Crippen LogP contribution in [0.2, 0.25) is 0 Å². The lowest BCUT2D eigenvalue weighted by molar-refractivity contribution is -0.389. The van der Waals surface area contributed by atoms with E-state index in [1.165, 1.54) is 27.1 Å². The van der Waals surface area contributed by atoms with Gasteiger partial charge in [-0.15, -0.1) is 0 Å². The normalized spacial score (nSPS) is 15.5. The van der Waals surface area contributed by atoms with Gasteiger partial charge in [0.05, 0.1) is 5.56 Å². The van der Waals surface area contributed by atoms with E-state index in [0.717, 1.165) is 6.42 Å². The van der Waals surface area contributed by atoms with Crippen LogP contribution in [-0.4, -0.2) is 51.3 Å².